The third-order valence-electron chi connectivity index (χ3n) is 3.67. The van der Waals surface area contributed by atoms with Gasteiger partial charge < -0.3 is 4.74 Å². The van der Waals surface area contributed by atoms with Crippen LogP contribution in [0.2, 0.25) is 0 Å². The smallest absolute Gasteiger partial charge is 0.247 e. The summed E-state index contributed by atoms with van der Waals surface area (Å²) in [6.45, 7) is 5.81. The van der Waals surface area contributed by atoms with Gasteiger partial charge in [0.1, 0.15) is 5.54 Å². The molecular formula is C15H21N3O2. The van der Waals surface area contributed by atoms with Crippen LogP contribution in [0.4, 0.5) is 0 Å². The third kappa shape index (κ3) is 2.02. The van der Waals surface area contributed by atoms with Crippen LogP contribution in [0.25, 0.3) is 0 Å². The molecule has 1 amide bonds. The highest BCUT2D eigenvalue weighted by molar-refractivity contribution is 5.77. The molecule has 5 heteroatoms. The Hall–Kier alpha value is -1.75. The van der Waals surface area contributed by atoms with Gasteiger partial charge in [0, 0.05) is 19.1 Å². The van der Waals surface area contributed by atoms with Crippen molar-refractivity contribution < 1.29 is 9.53 Å². The van der Waals surface area contributed by atoms with Gasteiger partial charge in [-0.15, -0.1) is 0 Å². The quantitative estimate of drug-likeness (QED) is 0.846. The van der Waals surface area contributed by atoms with E-state index in [9.17, 15) is 4.79 Å². The molecule has 5 nitrogen and oxygen atoms in total. The lowest BCUT2D eigenvalue weighted by atomic mass is 9.84. The van der Waals surface area contributed by atoms with Crippen LogP contribution < -0.4 is 0 Å². The zero-order chi connectivity index (χ0) is 14.8. The van der Waals surface area contributed by atoms with Gasteiger partial charge in [0.25, 0.3) is 0 Å². The number of nitrogens with zero attached hydrogens (tertiary/aromatic N) is 3. The van der Waals surface area contributed by atoms with Crippen molar-refractivity contribution in [1.82, 2.24) is 5.01 Å². The molecule has 0 N–H and O–H groups in total. The summed E-state index contributed by atoms with van der Waals surface area (Å²) in [5.41, 5.74) is -0.755. The van der Waals surface area contributed by atoms with Crippen LogP contribution >= 0.6 is 0 Å². The maximum absolute atomic E-state index is 12.4. The minimum Gasteiger partial charge on any atom is -0.351 e. The van der Waals surface area contributed by atoms with Crippen LogP contribution in [0.15, 0.2) is 40.7 Å². The van der Waals surface area contributed by atoms with Gasteiger partial charge in [0.05, 0.1) is 0 Å². The van der Waals surface area contributed by atoms with E-state index in [0.29, 0.717) is 6.42 Å². The van der Waals surface area contributed by atoms with Crippen molar-refractivity contribution in [2.24, 2.45) is 10.3 Å². The Balaban J connectivity index is 2.53. The van der Waals surface area contributed by atoms with E-state index in [4.69, 9.17) is 4.74 Å². The molecule has 0 fully saturated rings. The van der Waals surface area contributed by atoms with Crippen molar-refractivity contribution in [3.05, 3.63) is 35.9 Å². The number of amides is 1. The minimum absolute atomic E-state index is 0.0764. The van der Waals surface area contributed by atoms with Gasteiger partial charge in [-0.25, -0.2) is 0 Å². The molecule has 1 aliphatic rings. The maximum Gasteiger partial charge on any atom is 0.247 e. The first-order valence-electron chi connectivity index (χ1n) is 6.86. The lowest BCUT2D eigenvalue weighted by Gasteiger charge is -2.41. The summed E-state index contributed by atoms with van der Waals surface area (Å²) in [6.07, 6.45) is 1.19. The molecule has 0 aliphatic carbocycles. The summed E-state index contributed by atoms with van der Waals surface area (Å²) in [5.74, 6) is -0.0764. The zero-order valence-electron chi connectivity index (χ0n) is 12.5. The number of hydrogen-bond acceptors (Lipinski definition) is 4. The first-order valence-corrected chi connectivity index (χ1v) is 6.86. The van der Waals surface area contributed by atoms with Crippen LogP contribution in [0.5, 0.6) is 0 Å². The predicted molar refractivity (Wildman–Crippen MR) is 75.8 cm³/mol. The number of carbonyl (C=O) groups is 1. The van der Waals surface area contributed by atoms with Crippen molar-refractivity contribution in [2.75, 3.05) is 7.11 Å². The van der Waals surface area contributed by atoms with E-state index in [1.807, 2.05) is 51.1 Å². The largest absolute Gasteiger partial charge is 0.351 e. The number of carbonyl (C=O) groups excluding carboxylic acids is 1. The Morgan fingerprint density at radius 3 is 2.50 bits per heavy atom. The first kappa shape index (κ1) is 14.7. The van der Waals surface area contributed by atoms with Gasteiger partial charge in [0.2, 0.25) is 11.6 Å². The van der Waals surface area contributed by atoms with E-state index in [2.05, 4.69) is 10.3 Å². The topological polar surface area (TPSA) is 54.3 Å². The lowest BCUT2D eigenvalue weighted by molar-refractivity contribution is -0.180. The number of methoxy groups -OCH3 is 1. The molecule has 0 radical (unpaired) electrons. The normalized spacial score (nSPS) is 24.1. The van der Waals surface area contributed by atoms with Crippen LogP contribution in [0.3, 0.4) is 0 Å². The second-order valence-electron chi connectivity index (χ2n) is 5.42. The second kappa shape index (κ2) is 5.32. The van der Waals surface area contributed by atoms with E-state index >= 15 is 0 Å². The lowest BCUT2D eigenvalue weighted by Crippen LogP contribution is -2.55. The second-order valence-corrected chi connectivity index (χ2v) is 5.42. The average molecular weight is 275 g/mol. The van der Waals surface area contributed by atoms with Gasteiger partial charge in [-0.05, 0) is 20.3 Å². The third-order valence-corrected chi connectivity index (χ3v) is 3.67. The monoisotopic (exact) mass is 275 g/mol. The summed E-state index contributed by atoms with van der Waals surface area (Å²) >= 11 is 0. The van der Waals surface area contributed by atoms with Crippen LogP contribution in [-0.2, 0) is 15.3 Å². The van der Waals surface area contributed by atoms with Gasteiger partial charge in [0.15, 0.2) is 0 Å². The Kier molecular flexibility index (Phi) is 3.90. The average Bonchev–Trinajstić information content (AvgIpc) is 2.72. The minimum atomic E-state index is -0.986. The van der Waals surface area contributed by atoms with Crippen LogP contribution in [0, 0.1) is 0 Å². The molecule has 0 spiro atoms. The Bertz CT molecular complexity index is 513. The summed E-state index contributed by atoms with van der Waals surface area (Å²) in [7, 11) is 1.59. The molecule has 1 atom stereocenters. The maximum atomic E-state index is 12.4. The summed E-state index contributed by atoms with van der Waals surface area (Å²) in [5, 5.41) is 9.75. The van der Waals surface area contributed by atoms with Crippen LogP contribution in [0.1, 0.15) is 39.2 Å². The van der Waals surface area contributed by atoms with Gasteiger partial charge in [-0.2, -0.15) is 10.1 Å². The van der Waals surface area contributed by atoms with Gasteiger partial charge in [-0.1, -0.05) is 42.5 Å². The summed E-state index contributed by atoms with van der Waals surface area (Å²) in [4.78, 5) is 12.4. The molecule has 108 valence electrons. The molecule has 0 saturated carbocycles. The molecule has 0 bridgehead atoms. The first-order chi connectivity index (χ1) is 9.49. The van der Waals surface area contributed by atoms with E-state index < -0.39 is 11.3 Å². The molecule has 0 saturated heterocycles. The molecule has 1 aromatic carbocycles. The predicted octanol–water partition coefficient (Wildman–Crippen LogP) is 3.27. The molecule has 2 rings (SSSR count). The van der Waals surface area contributed by atoms with Gasteiger partial charge in [-0.3, -0.25) is 4.79 Å². The van der Waals surface area contributed by atoms with Crippen molar-refractivity contribution in [2.45, 2.75) is 44.9 Å². The molecular weight excluding hydrogens is 254 g/mol. The molecule has 1 aliphatic heterocycles. The number of hydrogen-bond donors (Lipinski definition) is 0. The highest BCUT2D eigenvalue weighted by Crippen LogP contribution is 2.47. The molecule has 0 aromatic heterocycles. The Morgan fingerprint density at radius 1 is 1.30 bits per heavy atom. The highest BCUT2D eigenvalue weighted by Gasteiger charge is 2.58. The molecule has 1 unspecified atom stereocenters. The van der Waals surface area contributed by atoms with E-state index in [-0.39, 0.29) is 5.91 Å². The van der Waals surface area contributed by atoms with E-state index in [0.717, 1.165) is 12.0 Å². The number of benzene rings is 1. The molecule has 1 aromatic rings. The fourth-order valence-corrected chi connectivity index (χ4v) is 2.69. The summed E-state index contributed by atoms with van der Waals surface area (Å²) in [6, 6.07) is 9.66. The Labute approximate surface area is 119 Å². The van der Waals surface area contributed by atoms with E-state index in [1.54, 1.807) is 7.11 Å². The van der Waals surface area contributed by atoms with E-state index in [1.165, 1.54) is 5.01 Å². The zero-order valence-corrected chi connectivity index (χ0v) is 12.5. The van der Waals surface area contributed by atoms with Crippen LogP contribution in [-0.4, -0.2) is 23.6 Å². The van der Waals surface area contributed by atoms with Crippen molar-refractivity contribution >= 4 is 5.91 Å². The standard InChI is InChI=1S/C15H21N3O2/c1-5-9-13(19)18-15(20-4,14(2,3)16-17-18)12-10-7-6-8-11-12/h6-8,10-11H,5,9H2,1-4H3. The van der Waals surface area contributed by atoms with Crippen molar-refractivity contribution in [3.8, 4) is 0 Å². The Morgan fingerprint density at radius 2 is 1.95 bits per heavy atom. The highest BCUT2D eigenvalue weighted by atomic mass is 16.5. The molecule has 20 heavy (non-hydrogen) atoms. The SMILES string of the molecule is CCCC(=O)N1N=NC(C)(C)C1(OC)c1ccccc1. The fraction of sp³-hybridized carbons (Fsp3) is 0.533. The summed E-state index contributed by atoms with van der Waals surface area (Å²) < 4.78 is 5.80. The van der Waals surface area contributed by atoms with Crippen molar-refractivity contribution in [3.63, 3.8) is 0 Å². The van der Waals surface area contributed by atoms with Crippen molar-refractivity contribution in [1.29, 1.82) is 0 Å². The van der Waals surface area contributed by atoms with Gasteiger partial charge >= 0.3 is 0 Å². The fourth-order valence-electron chi connectivity index (χ4n) is 2.69. The number of ether oxygens (including phenoxy) is 1. The molecule has 1 heterocycles. The number of rotatable bonds is 4.